The summed E-state index contributed by atoms with van der Waals surface area (Å²) in [7, 11) is 0. The van der Waals surface area contributed by atoms with Gasteiger partial charge in [0, 0.05) is 11.8 Å². The fourth-order valence-electron chi connectivity index (χ4n) is 1.69. The fourth-order valence-corrected chi connectivity index (χ4v) is 1.69. The van der Waals surface area contributed by atoms with Crippen molar-refractivity contribution in [3.63, 3.8) is 0 Å². The first-order valence-corrected chi connectivity index (χ1v) is 5.86. The number of imide groups is 1. The SMILES string of the molecule is C[C@@H]1C(=O)N(CCOCC(F)(F)C(F)(F)F)C(=O)[C@H]1C. The molecular weight excluding hydrogens is 289 g/mol. The molecule has 1 fully saturated rings. The summed E-state index contributed by atoms with van der Waals surface area (Å²) in [5.41, 5.74) is 0. The van der Waals surface area contributed by atoms with Gasteiger partial charge in [-0.05, 0) is 0 Å². The van der Waals surface area contributed by atoms with Gasteiger partial charge in [-0.3, -0.25) is 14.5 Å². The molecule has 9 heteroatoms. The minimum Gasteiger partial charge on any atom is -0.373 e. The predicted molar refractivity (Wildman–Crippen MR) is 56.9 cm³/mol. The van der Waals surface area contributed by atoms with Crippen molar-refractivity contribution >= 4 is 11.8 Å². The minimum absolute atomic E-state index is 0.333. The van der Waals surface area contributed by atoms with Gasteiger partial charge in [-0.2, -0.15) is 22.0 Å². The molecule has 2 atom stereocenters. The molecular formula is C11H14F5NO3. The molecule has 116 valence electrons. The maximum Gasteiger partial charge on any atom is 0.455 e. The number of hydrogen-bond donors (Lipinski definition) is 0. The molecule has 0 bridgehead atoms. The van der Waals surface area contributed by atoms with Crippen LogP contribution in [0.3, 0.4) is 0 Å². The second-order valence-corrected chi connectivity index (χ2v) is 4.66. The molecule has 20 heavy (non-hydrogen) atoms. The van der Waals surface area contributed by atoms with Gasteiger partial charge in [0.1, 0.15) is 6.61 Å². The third-order valence-electron chi connectivity index (χ3n) is 3.22. The summed E-state index contributed by atoms with van der Waals surface area (Å²) in [6, 6.07) is 0. The Hall–Kier alpha value is -1.25. The van der Waals surface area contributed by atoms with E-state index in [1.807, 2.05) is 0 Å². The summed E-state index contributed by atoms with van der Waals surface area (Å²) in [5.74, 6) is -6.97. The van der Waals surface area contributed by atoms with E-state index < -0.39 is 49.0 Å². The lowest BCUT2D eigenvalue weighted by molar-refractivity contribution is -0.296. The van der Waals surface area contributed by atoms with Crippen molar-refractivity contribution in [1.82, 2.24) is 4.90 Å². The average molecular weight is 303 g/mol. The average Bonchev–Trinajstić information content (AvgIpc) is 2.50. The summed E-state index contributed by atoms with van der Waals surface area (Å²) < 4.78 is 64.8. The first-order chi connectivity index (χ1) is 8.99. The van der Waals surface area contributed by atoms with Crippen LogP contribution in [-0.2, 0) is 14.3 Å². The van der Waals surface area contributed by atoms with Crippen LogP contribution in [0.1, 0.15) is 13.8 Å². The van der Waals surface area contributed by atoms with Gasteiger partial charge in [0.05, 0.1) is 13.2 Å². The number of rotatable bonds is 5. The Morgan fingerprint density at radius 2 is 1.50 bits per heavy atom. The highest BCUT2D eigenvalue weighted by molar-refractivity contribution is 6.04. The molecule has 0 unspecified atom stereocenters. The molecule has 2 amide bonds. The Morgan fingerprint density at radius 3 is 1.90 bits per heavy atom. The van der Waals surface area contributed by atoms with E-state index >= 15 is 0 Å². The van der Waals surface area contributed by atoms with E-state index in [2.05, 4.69) is 4.74 Å². The van der Waals surface area contributed by atoms with Gasteiger partial charge < -0.3 is 4.74 Å². The molecule has 4 nitrogen and oxygen atoms in total. The number of hydrogen-bond acceptors (Lipinski definition) is 3. The fraction of sp³-hybridized carbons (Fsp3) is 0.818. The van der Waals surface area contributed by atoms with E-state index in [0.29, 0.717) is 0 Å². The van der Waals surface area contributed by atoms with Gasteiger partial charge in [-0.1, -0.05) is 13.8 Å². The minimum atomic E-state index is -5.69. The standard InChI is InChI=1S/C11H14F5NO3/c1-6-7(2)9(19)17(8(6)18)3-4-20-5-10(12,13)11(14,15)16/h6-7H,3-5H2,1-2H3/t6-,7-/m0/s1. The normalized spacial score (nSPS) is 24.6. The lowest BCUT2D eigenvalue weighted by Gasteiger charge is -2.20. The van der Waals surface area contributed by atoms with Crippen LogP contribution in [0.15, 0.2) is 0 Å². The molecule has 0 aromatic rings. The Balaban J connectivity index is 2.43. The zero-order chi connectivity index (χ0) is 15.7. The van der Waals surface area contributed by atoms with Crippen LogP contribution in [0, 0.1) is 11.8 Å². The topological polar surface area (TPSA) is 46.6 Å². The largest absolute Gasteiger partial charge is 0.455 e. The Kier molecular flexibility index (Phi) is 4.73. The van der Waals surface area contributed by atoms with E-state index in [9.17, 15) is 31.5 Å². The molecule has 1 aliphatic rings. The van der Waals surface area contributed by atoms with Gasteiger partial charge in [0.25, 0.3) is 0 Å². The van der Waals surface area contributed by atoms with Crippen LogP contribution >= 0.6 is 0 Å². The van der Waals surface area contributed by atoms with Crippen molar-refractivity contribution in [2.24, 2.45) is 11.8 Å². The second-order valence-electron chi connectivity index (χ2n) is 4.66. The first kappa shape index (κ1) is 16.8. The van der Waals surface area contributed by atoms with Gasteiger partial charge in [0.15, 0.2) is 0 Å². The number of amides is 2. The van der Waals surface area contributed by atoms with Gasteiger partial charge in [-0.25, -0.2) is 0 Å². The van der Waals surface area contributed by atoms with E-state index in [4.69, 9.17) is 0 Å². The van der Waals surface area contributed by atoms with Crippen LogP contribution in [0.2, 0.25) is 0 Å². The Labute approximate surface area is 111 Å². The summed E-state index contributed by atoms with van der Waals surface area (Å²) in [4.78, 5) is 24.0. The van der Waals surface area contributed by atoms with Crippen LogP contribution < -0.4 is 0 Å². The summed E-state index contributed by atoms with van der Waals surface area (Å²) in [6.45, 7) is 0.355. The highest BCUT2D eigenvalue weighted by Crippen LogP contribution is 2.35. The van der Waals surface area contributed by atoms with E-state index in [1.165, 1.54) is 0 Å². The molecule has 1 saturated heterocycles. The number of carbonyl (C=O) groups is 2. The van der Waals surface area contributed by atoms with Crippen LogP contribution in [-0.4, -0.2) is 48.6 Å². The van der Waals surface area contributed by atoms with E-state index in [-0.39, 0.29) is 6.54 Å². The predicted octanol–water partition coefficient (Wildman–Crippen LogP) is 1.84. The van der Waals surface area contributed by atoms with Crippen molar-refractivity contribution in [1.29, 1.82) is 0 Å². The first-order valence-electron chi connectivity index (χ1n) is 5.86. The number of halogens is 5. The molecule has 0 N–H and O–H groups in total. The Morgan fingerprint density at radius 1 is 1.05 bits per heavy atom. The van der Waals surface area contributed by atoms with Gasteiger partial charge in [-0.15, -0.1) is 0 Å². The highest BCUT2D eigenvalue weighted by atomic mass is 19.4. The number of ether oxygens (including phenoxy) is 1. The van der Waals surface area contributed by atoms with E-state index in [1.54, 1.807) is 13.8 Å². The summed E-state index contributed by atoms with van der Waals surface area (Å²) in [6.07, 6.45) is -5.69. The van der Waals surface area contributed by atoms with Gasteiger partial charge in [0.2, 0.25) is 11.8 Å². The van der Waals surface area contributed by atoms with Crippen molar-refractivity contribution in [2.75, 3.05) is 19.8 Å². The molecule has 0 aromatic carbocycles. The lowest BCUT2D eigenvalue weighted by Crippen LogP contribution is -2.42. The monoisotopic (exact) mass is 303 g/mol. The van der Waals surface area contributed by atoms with Crippen molar-refractivity contribution in [3.8, 4) is 0 Å². The lowest BCUT2D eigenvalue weighted by atomic mass is 10.00. The maximum atomic E-state index is 12.5. The Bertz CT molecular complexity index is 376. The molecule has 1 rings (SSSR count). The van der Waals surface area contributed by atoms with Gasteiger partial charge >= 0.3 is 12.1 Å². The third-order valence-corrected chi connectivity index (χ3v) is 3.22. The number of likely N-dealkylation sites (tertiary alicyclic amines) is 1. The highest BCUT2D eigenvalue weighted by Gasteiger charge is 2.57. The molecule has 1 aliphatic heterocycles. The van der Waals surface area contributed by atoms with Crippen molar-refractivity contribution in [3.05, 3.63) is 0 Å². The quantitative estimate of drug-likeness (QED) is 0.442. The molecule has 0 aromatic heterocycles. The summed E-state index contributed by atoms with van der Waals surface area (Å²) >= 11 is 0. The zero-order valence-corrected chi connectivity index (χ0v) is 10.8. The summed E-state index contributed by atoms with van der Waals surface area (Å²) in [5, 5.41) is 0. The third kappa shape index (κ3) is 3.25. The van der Waals surface area contributed by atoms with Crippen LogP contribution in [0.4, 0.5) is 22.0 Å². The smallest absolute Gasteiger partial charge is 0.373 e. The molecule has 0 spiro atoms. The van der Waals surface area contributed by atoms with Crippen LogP contribution in [0.5, 0.6) is 0 Å². The van der Waals surface area contributed by atoms with Crippen molar-refractivity contribution < 1.29 is 36.3 Å². The van der Waals surface area contributed by atoms with Crippen molar-refractivity contribution in [2.45, 2.75) is 25.9 Å². The second kappa shape index (κ2) is 5.63. The number of nitrogens with zero attached hydrogens (tertiary/aromatic N) is 1. The van der Waals surface area contributed by atoms with Crippen LogP contribution in [0.25, 0.3) is 0 Å². The molecule has 1 heterocycles. The number of carbonyl (C=O) groups excluding carboxylic acids is 2. The molecule has 0 radical (unpaired) electrons. The zero-order valence-electron chi connectivity index (χ0n) is 10.8. The molecule has 0 saturated carbocycles. The number of alkyl halides is 5. The van der Waals surface area contributed by atoms with E-state index in [0.717, 1.165) is 4.90 Å². The maximum absolute atomic E-state index is 12.5. The molecule has 0 aliphatic carbocycles.